The van der Waals surface area contributed by atoms with Gasteiger partial charge in [0.05, 0.1) is 6.42 Å². The van der Waals surface area contributed by atoms with Crippen LogP contribution in [0.1, 0.15) is 18.4 Å². The summed E-state index contributed by atoms with van der Waals surface area (Å²) in [5, 5.41) is 18.7. The van der Waals surface area contributed by atoms with E-state index in [1.807, 2.05) is 0 Å². The van der Waals surface area contributed by atoms with Crippen molar-refractivity contribution in [3.63, 3.8) is 0 Å². The molecule has 0 unspecified atom stereocenters. The Bertz CT molecular complexity index is 570. The van der Waals surface area contributed by atoms with Gasteiger partial charge in [-0.1, -0.05) is 15.9 Å². The molecule has 0 atom stereocenters. The van der Waals surface area contributed by atoms with Crippen molar-refractivity contribution in [2.24, 2.45) is 0 Å². The lowest BCUT2D eigenvalue weighted by molar-refractivity contribution is -0.165. The first kappa shape index (κ1) is 15.9. The molecule has 1 amide bonds. The summed E-state index contributed by atoms with van der Waals surface area (Å²) in [4.78, 5) is 24.6. The smallest absolute Gasteiger partial charge is 0.335 e. The van der Waals surface area contributed by atoms with Crippen LogP contribution < -0.4 is 0 Å². The van der Waals surface area contributed by atoms with E-state index in [1.54, 1.807) is 0 Å². The molecule has 1 fully saturated rings. The van der Waals surface area contributed by atoms with Gasteiger partial charge in [0, 0.05) is 30.4 Å². The minimum atomic E-state index is -1.75. The zero-order chi connectivity index (χ0) is 15.6. The van der Waals surface area contributed by atoms with Gasteiger partial charge in [0.2, 0.25) is 5.91 Å². The lowest BCUT2D eigenvalue weighted by Crippen LogP contribution is -2.51. The van der Waals surface area contributed by atoms with Crippen LogP contribution in [0.25, 0.3) is 0 Å². The molecule has 114 valence electrons. The van der Waals surface area contributed by atoms with E-state index in [0.29, 0.717) is 10.0 Å². The second-order valence-corrected chi connectivity index (χ2v) is 5.98. The summed E-state index contributed by atoms with van der Waals surface area (Å²) in [6.45, 7) is 0.350. The maximum absolute atomic E-state index is 13.2. The quantitative estimate of drug-likeness (QED) is 0.858. The third kappa shape index (κ3) is 3.59. The highest BCUT2D eigenvalue weighted by Gasteiger charge is 2.40. The van der Waals surface area contributed by atoms with Crippen LogP contribution in [-0.2, 0) is 16.0 Å². The van der Waals surface area contributed by atoms with Crippen LogP contribution in [0.3, 0.4) is 0 Å². The Balaban J connectivity index is 2.00. The van der Waals surface area contributed by atoms with E-state index in [0.717, 1.165) is 0 Å². The number of likely N-dealkylation sites (tertiary alicyclic amines) is 1. The molecule has 1 aromatic carbocycles. The van der Waals surface area contributed by atoms with Gasteiger partial charge in [-0.2, -0.15) is 0 Å². The molecule has 0 aliphatic carbocycles. The van der Waals surface area contributed by atoms with Crippen LogP contribution in [0.4, 0.5) is 4.39 Å². The molecule has 2 rings (SSSR count). The fourth-order valence-electron chi connectivity index (χ4n) is 2.29. The number of carbonyl (C=O) groups is 2. The van der Waals surface area contributed by atoms with E-state index >= 15 is 0 Å². The number of amides is 1. The van der Waals surface area contributed by atoms with Crippen LogP contribution in [0, 0.1) is 5.82 Å². The zero-order valence-electron chi connectivity index (χ0n) is 11.2. The fourth-order valence-corrected chi connectivity index (χ4v) is 2.68. The van der Waals surface area contributed by atoms with Crippen molar-refractivity contribution in [2.75, 3.05) is 13.1 Å². The minimum absolute atomic E-state index is 0.00159. The van der Waals surface area contributed by atoms with Crippen LogP contribution in [0.15, 0.2) is 22.7 Å². The minimum Gasteiger partial charge on any atom is -0.479 e. The van der Waals surface area contributed by atoms with Crippen molar-refractivity contribution in [3.8, 4) is 0 Å². The largest absolute Gasteiger partial charge is 0.479 e. The fraction of sp³-hybridized carbons (Fsp3) is 0.429. The number of piperidine rings is 1. The van der Waals surface area contributed by atoms with Gasteiger partial charge >= 0.3 is 5.97 Å². The topological polar surface area (TPSA) is 77.8 Å². The normalized spacial score (nSPS) is 17.6. The maximum Gasteiger partial charge on any atom is 0.335 e. The number of carboxylic acid groups (broad SMARTS) is 1. The molecule has 5 nitrogen and oxygen atoms in total. The van der Waals surface area contributed by atoms with Gasteiger partial charge in [0.25, 0.3) is 0 Å². The van der Waals surface area contributed by atoms with E-state index in [9.17, 15) is 19.1 Å². The van der Waals surface area contributed by atoms with Gasteiger partial charge in [0.1, 0.15) is 5.82 Å². The third-order valence-electron chi connectivity index (χ3n) is 3.69. The number of carbonyl (C=O) groups excluding carboxylic acids is 1. The van der Waals surface area contributed by atoms with Crippen molar-refractivity contribution in [2.45, 2.75) is 24.9 Å². The SMILES string of the molecule is O=C(Cc1cc(F)ccc1Br)N1CCC(O)(C(=O)O)CC1. The standard InChI is InChI=1S/C14H15BrFNO4/c15-11-2-1-10(16)7-9(11)8-12(18)17-5-3-14(21,4-6-17)13(19)20/h1-2,7,21H,3-6,8H2,(H,19,20). The van der Waals surface area contributed by atoms with Crippen molar-refractivity contribution in [1.82, 2.24) is 4.90 Å². The number of nitrogens with zero attached hydrogens (tertiary/aromatic N) is 1. The highest BCUT2D eigenvalue weighted by molar-refractivity contribution is 9.10. The first-order chi connectivity index (χ1) is 9.82. The number of benzene rings is 1. The van der Waals surface area contributed by atoms with Gasteiger partial charge in [-0.3, -0.25) is 4.79 Å². The Kier molecular flexibility index (Phi) is 4.63. The van der Waals surface area contributed by atoms with E-state index in [2.05, 4.69) is 15.9 Å². The summed E-state index contributed by atoms with van der Waals surface area (Å²) < 4.78 is 13.8. The zero-order valence-corrected chi connectivity index (χ0v) is 12.8. The number of aliphatic carboxylic acids is 1. The third-order valence-corrected chi connectivity index (χ3v) is 4.46. The highest BCUT2D eigenvalue weighted by atomic mass is 79.9. The molecule has 0 bridgehead atoms. The lowest BCUT2D eigenvalue weighted by Gasteiger charge is -2.35. The second kappa shape index (κ2) is 6.11. The lowest BCUT2D eigenvalue weighted by atomic mass is 9.91. The van der Waals surface area contributed by atoms with Gasteiger partial charge in [-0.05, 0) is 23.8 Å². The first-order valence-corrected chi connectivity index (χ1v) is 7.28. The number of carboxylic acids is 1. The Morgan fingerprint density at radius 3 is 2.52 bits per heavy atom. The average molecular weight is 360 g/mol. The van der Waals surface area contributed by atoms with Crippen molar-refractivity contribution < 1.29 is 24.2 Å². The summed E-state index contributed by atoms with van der Waals surface area (Å²) in [5.41, 5.74) is -1.21. The molecule has 21 heavy (non-hydrogen) atoms. The molecule has 1 heterocycles. The molecule has 1 aliphatic rings. The van der Waals surface area contributed by atoms with Crippen LogP contribution in [-0.4, -0.2) is 45.7 Å². The molecule has 7 heteroatoms. The molecule has 0 saturated carbocycles. The molecule has 0 aromatic heterocycles. The molecular formula is C14H15BrFNO4. The summed E-state index contributed by atoms with van der Waals surface area (Å²) >= 11 is 3.26. The summed E-state index contributed by atoms with van der Waals surface area (Å²) in [5.74, 6) is -1.89. The average Bonchev–Trinajstić information content (AvgIpc) is 2.43. The molecule has 2 N–H and O–H groups in total. The summed E-state index contributed by atoms with van der Waals surface area (Å²) in [6, 6.07) is 4.13. The first-order valence-electron chi connectivity index (χ1n) is 6.49. The van der Waals surface area contributed by atoms with E-state index in [4.69, 9.17) is 5.11 Å². The highest BCUT2D eigenvalue weighted by Crippen LogP contribution is 2.24. The van der Waals surface area contributed by atoms with Crippen molar-refractivity contribution >= 4 is 27.8 Å². The molecule has 1 saturated heterocycles. The van der Waals surface area contributed by atoms with Gasteiger partial charge in [0.15, 0.2) is 5.60 Å². The van der Waals surface area contributed by atoms with Gasteiger partial charge in [-0.15, -0.1) is 0 Å². The molecule has 0 radical (unpaired) electrons. The summed E-state index contributed by atoms with van der Waals surface area (Å²) in [7, 11) is 0. The predicted molar refractivity (Wildman–Crippen MR) is 76.2 cm³/mol. The molecule has 1 aromatic rings. The van der Waals surface area contributed by atoms with Gasteiger partial charge < -0.3 is 15.1 Å². The van der Waals surface area contributed by atoms with Crippen molar-refractivity contribution in [3.05, 3.63) is 34.1 Å². The maximum atomic E-state index is 13.2. The molecule has 1 aliphatic heterocycles. The van der Waals surface area contributed by atoms with E-state index in [-0.39, 0.29) is 38.3 Å². The van der Waals surface area contributed by atoms with Gasteiger partial charge in [-0.25, -0.2) is 9.18 Å². The van der Waals surface area contributed by atoms with Crippen LogP contribution >= 0.6 is 15.9 Å². The second-order valence-electron chi connectivity index (χ2n) is 5.13. The van der Waals surface area contributed by atoms with E-state index < -0.39 is 17.4 Å². The number of hydrogen-bond acceptors (Lipinski definition) is 3. The predicted octanol–water partition coefficient (Wildman–Crippen LogP) is 1.57. The molecular weight excluding hydrogens is 345 g/mol. The number of rotatable bonds is 3. The number of hydrogen-bond donors (Lipinski definition) is 2. The Morgan fingerprint density at radius 2 is 1.95 bits per heavy atom. The Hall–Kier alpha value is -1.47. The Morgan fingerprint density at radius 1 is 1.33 bits per heavy atom. The molecule has 0 spiro atoms. The number of halogens is 2. The van der Waals surface area contributed by atoms with Crippen LogP contribution in [0.2, 0.25) is 0 Å². The monoisotopic (exact) mass is 359 g/mol. The van der Waals surface area contributed by atoms with Crippen molar-refractivity contribution in [1.29, 1.82) is 0 Å². The van der Waals surface area contributed by atoms with Crippen LogP contribution in [0.5, 0.6) is 0 Å². The number of aliphatic hydroxyl groups is 1. The Labute approximate surface area is 129 Å². The van der Waals surface area contributed by atoms with E-state index in [1.165, 1.54) is 23.1 Å². The summed E-state index contributed by atoms with van der Waals surface area (Å²) in [6.07, 6.45) is 0.0284.